The van der Waals surface area contributed by atoms with Crippen molar-refractivity contribution in [3.8, 4) is 0 Å². The highest BCUT2D eigenvalue weighted by atomic mass is 32.1. The highest BCUT2D eigenvalue weighted by Crippen LogP contribution is 2.18. The van der Waals surface area contributed by atoms with E-state index in [2.05, 4.69) is 10.3 Å². The average Bonchev–Trinajstić information content (AvgIpc) is 3.03. The molecular formula is C15H21N3O4S. The van der Waals surface area contributed by atoms with Gasteiger partial charge in [0.2, 0.25) is 11.8 Å². The summed E-state index contributed by atoms with van der Waals surface area (Å²) in [4.78, 5) is 40.7. The molecular weight excluding hydrogens is 318 g/mol. The molecule has 1 aliphatic rings. The minimum absolute atomic E-state index is 0.0101. The van der Waals surface area contributed by atoms with E-state index in [0.29, 0.717) is 37.4 Å². The number of aromatic nitrogens is 1. The highest BCUT2D eigenvalue weighted by Gasteiger charge is 2.30. The van der Waals surface area contributed by atoms with Gasteiger partial charge in [0.1, 0.15) is 6.04 Å². The average molecular weight is 339 g/mol. The lowest BCUT2D eigenvalue weighted by molar-refractivity contribution is -0.142. The number of piperidine rings is 1. The SMILES string of the molecule is CCC(=O)N1CCCC[C@H]1C(=O)NCCc1nc(C(=O)O)cs1. The first kappa shape index (κ1) is 17.4. The van der Waals surface area contributed by atoms with Crippen molar-refractivity contribution in [1.82, 2.24) is 15.2 Å². The van der Waals surface area contributed by atoms with Gasteiger partial charge in [0.05, 0.1) is 5.01 Å². The zero-order chi connectivity index (χ0) is 16.8. The molecule has 23 heavy (non-hydrogen) atoms. The van der Waals surface area contributed by atoms with Gasteiger partial charge in [-0.1, -0.05) is 6.92 Å². The van der Waals surface area contributed by atoms with Crippen LogP contribution < -0.4 is 5.32 Å². The maximum absolute atomic E-state index is 12.3. The number of carboxylic acids is 1. The standard InChI is InChI=1S/C15H21N3O4S/c1-2-13(19)18-8-4-3-5-11(18)14(20)16-7-6-12-17-10(9-23-12)15(21)22/h9,11H,2-8H2,1H3,(H,16,20)(H,21,22)/t11-/m0/s1. The van der Waals surface area contributed by atoms with E-state index in [0.717, 1.165) is 12.8 Å². The van der Waals surface area contributed by atoms with E-state index in [9.17, 15) is 14.4 Å². The number of carboxylic acid groups (broad SMARTS) is 1. The van der Waals surface area contributed by atoms with Gasteiger partial charge in [0, 0.05) is 31.3 Å². The molecule has 0 spiro atoms. The third-order valence-electron chi connectivity index (χ3n) is 3.84. The number of aromatic carboxylic acids is 1. The van der Waals surface area contributed by atoms with Gasteiger partial charge in [-0.25, -0.2) is 9.78 Å². The molecule has 0 saturated carbocycles. The molecule has 1 aromatic rings. The molecule has 8 heteroatoms. The monoisotopic (exact) mass is 339 g/mol. The molecule has 0 bridgehead atoms. The number of amides is 2. The Labute approximate surface area is 138 Å². The zero-order valence-electron chi connectivity index (χ0n) is 13.1. The number of thiazole rings is 1. The fourth-order valence-electron chi connectivity index (χ4n) is 2.64. The van der Waals surface area contributed by atoms with E-state index < -0.39 is 5.97 Å². The summed E-state index contributed by atoms with van der Waals surface area (Å²) in [5.74, 6) is -1.18. The minimum Gasteiger partial charge on any atom is -0.476 e. The van der Waals surface area contributed by atoms with Crippen LogP contribution in [0, 0.1) is 0 Å². The summed E-state index contributed by atoms with van der Waals surface area (Å²) in [6, 6.07) is -0.387. The number of carbonyl (C=O) groups is 3. The lowest BCUT2D eigenvalue weighted by Crippen LogP contribution is -2.52. The van der Waals surface area contributed by atoms with Crippen LogP contribution in [0.1, 0.15) is 48.1 Å². The van der Waals surface area contributed by atoms with E-state index in [1.165, 1.54) is 16.7 Å². The molecule has 2 heterocycles. The molecule has 0 aliphatic carbocycles. The van der Waals surface area contributed by atoms with Crippen LogP contribution in [0.15, 0.2) is 5.38 Å². The molecule has 1 saturated heterocycles. The van der Waals surface area contributed by atoms with E-state index in [1.54, 1.807) is 11.8 Å². The second-order valence-electron chi connectivity index (χ2n) is 5.42. The molecule has 0 radical (unpaired) electrons. The molecule has 2 N–H and O–H groups in total. The van der Waals surface area contributed by atoms with Crippen LogP contribution in [0.4, 0.5) is 0 Å². The van der Waals surface area contributed by atoms with Crippen molar-refractivity contribution in [1.29, 1.82) is 0 Å². The van der Waals surface area contributed by atoms with Crippen molar-refractivity contribution in [2.45, 2.75) is 45.1 Å². The lowest BCUT2D eigenvalue weighted by atomic mass is 10.0. The Morgan fingerprint density at radius 1 is 1.43 bits per heavy atom. The first-order chi connectivity index (χ1) is 11.0. The Kier molecular flexibility index (Phi) is 6.09. The number of nitrogens with one attached hydrogen (secondary N) is 1. The van der Waals surface area contributed by atoms with Crippen LogP contribution in [0.3, 0.4) is 0 Å². The van der Waals surface area contributed by atoms with Crippen LogP contribution in [0.5, 0.6) is 0 Å². The molecule has 1 fully saturated rings. The Bertz CT molecular complexity index is 587. The van der Waals surface area contributed by atoms with Crippen LogP contribution >= 0.6 is 11.3 Å². The van der Waals surface area contributed by atoms with Gasteiger partial charge < -0.3 is 15.3 Å². The Morgan fingerprint density at radius 3 is 2.87 bits per heavy atom. The summed E-state index contributed by atoms with van der Waals surface area (Å²) in [5.41, 5.74) is 0.0309. The Balaban J connectivity index is 1.85. The summed E-state index contributed by atoms with van der Waals surface area (Å²) in [7, 11) is 0. The van der Waals surface area contributed by atoms with Crippen molar-refractivity contribution in [2.24, 2.45) is 0 Å². The number of carbonyl (C=O) groups excluding carboxylic acids is 2. The largest absolute Gasteiger partial charge is 0.476 e. The van der Waals surface area contributed by atoms with Gasteiger partial charge in [0.25, 0.3) is 0 Å². The van der Waals surface area contributed by atoms with Gasteiger partial charge in [0.15, 0.2) is 5.69 Å². The summed E-state index contributed by atoms with van der Waals surface area (Å²) in [6.07, 6.45) is 3.46. The van der Waals surface area contributed by atoms with Crippen LogP contribution in [-0.2, 0) is 16.0 Å². The van der Waals surface area contributed by atoms with E-state index >= 15 is 0 Å². The van der Waals surface area contributed by atoms with Crippen molar-refractivity contribution >= 4 is 29.1 Å². The topological polar surface area (TPSA) is 99.6 Å². The molecule has 2 rings (SSSR count). The number of hydrogen-bond donors (Lipinski definition) is 2. The summed E-state index contributed by atoms with van der Waals surface area (Å²) < 4.78 is 0. The molecule has 0 aromatic carbocycles. The summed E-state index contributed by atoms with van der Waals surface area (Å²) in [5, 5.41) is 13.8. The number of nitrogens with zero attached hydrogens (tertiary/aromatic N) is 2. The molecule has 126 valence electrons. The first-order valence-electron chi connectivity index (χ1n) is 7.77. The quantitative estimate of drug-likeness (QED) is 0.813. The van der Waals surface area contributed by atoms with Crippen molar-refractivity contribution in [2.75, 3.05) is 13.1 Å². The second-order valence-corrected chi connectivity index (χ2v) is 6.37. The lowest BCUT2D eigenvalue weighted by Gasteiger charge is -2.34. The summed E-state index contributed by atoms with van der Waals surface area (Å²) in [6.45, 7) is 2.82. The van der Waals surface area contributed by atoms with E-state index in [-0.39, 0.29) is 23.6 Å². The fourth-order valence-corrected chi connectivity index (χ4v) is 3.41. The highest BCUT2D eigenvalue weighted by molar-refractivity contribution is 7.09. The number of rotatable bonds is 6. The fraction of sp³-hybridized carbons (Fsp3) is 0.600. The maximum atomic E-state index is 12.3. The Hall–Kier alpha value is -1.96. The smallest absolute Gasteiger partial charge is 0.355 e. The van der Waals surface area contributed by atoms with Gasteiger partial charge in [-0.15, -0.1) is 11.3 Å². The summed E-state index contributed by atoms with van der Waals surface area (Å²) >= 11 is 1.27. The molecule has 1 atom stereocenters. The van der Waals surface area contributed by atoms with Crippen LogP contribution in [0.2, 0.25) is 0 Å². The minimum atomic E-state index is -1.05. The van der Waals surface area contributed by atoms with E-state index in [4.69, 9.17) is 5.11 Å². The molecule has 1 aromatic heterocycles. The third kappa shape index (κ3) is 4.51. The van der Waals surface area contributed by atoms with Crippen LogP contribution in [0.25, 0.3) is 0 Å². The van der Waals surface area contributed by atoms with Crippen molar-refractivity contribution in [3.63, 3.8) is 0 Å². The van der Waals surface area contributed by atoms with Gasteiger partial charge >= 0.3 is 5.97 Å². The third-order valence-corrected chi connectivity index (χ3v) is 4.75. The van der Waals surface area contributed by atoms with Crippen molar-refractivity contribution in [3.05, 3.63) is 16.1 Å². The van der Waals surface area contributed by atoms with Crippen molar-refractivity contribution < 1.29 is 19.5 Å². The normalized spacial score (nSPS) is 17.8. The molecule has 7 nitrogen and oxygen atoms in total. The zero-order valence-corrected chi connectivity index (χ0v) is 13.9. The number of likely N-dealkylation sites (tertiary alicyclic amines) is 1. The molecule has 2 amide bonds. The predicted molar refractivity (Wildman–Crippen MR) is 85.4 cm³/mol. The van der Waals surface area contributed by atoms with E-state index in [1.807, 2.05) is 0 Å². The van der Waals surface area contributed by atoms with Gasteiger partial charge in [-0.05, 0) is 19.3 Å². The maximum Gasteiger partial charge on any atom is 0.355 e. The van der Waals surface area contributed by atoms with Gasteiger partial charge in [-0.3, -0.25) is 9.59 Å². The molecule has 1 aliphatic heterocycles. The van der Waals surface area contributed by atoms with Gasteiger partial charge in [-0.2, -0.15) is 0 Å². The second kappa shape index (κ2) is 8.05. The Morgan fingerprint density at radius 2 is 2.22 bits per heavy atom. The first-order valence-corrected chi connectivity index (χ1v) is 8.65. The predicted octanol–water partition coefficient (Wildman–Crippen LogP) is 1.29. The molecule has 0 unspecified atom stereocenters. The number of hydrogen-bond acceptors (Lipinski definition) is 5. The van der Waals surface area contributed by atoms with Crippen LogP contribution in [-0.4, -0.2) is 51.9 Å².